The fourth-order valence-corrected chi connectivity index (χ4v) is 3.75. The third kappa shape index (κ3) is 3.58. The van der Waals surface area contributed by atoms with Gasteiger partial charge in [-0.2, -0.15) is 0 Å². The van der Waals surface area contributed by atoms with E-state index < -0.39 is 6.04 Å². The van der Waals surface area contributed by atoms with Gasteiger partial charge in [-0.3, -0.25) is 14.4 Å². The van der Waals surface area contributed by atoms with Crippen molar-refractivity contribution in [2.45, 2.75) is 19.0 Å². The van der Waals surface area contributed by atoms with E-state index >= 15 is 0 Å². The lowest BCUT2D eigenvalue weighted by atomic mass is 10.1. The number of amides is 3. The molecule has 1 unspecified atom stereocenters. The highest BCUT2D eigenvalue weighted by Crippen LogP contribution is 2.21. The molecule has 4 rings (SSSR count). The SMILES string of the molecule is O=C(c1ccncn1)N1CCC2C(=O)N(Cc3ccccc3)CC(=O)N2CC1. The largest absolute Gasteiger partial charge is 0.335 e. The lowest BCUT2D eigenvalue weighted by Crippen LogP contribution is -2.59. The summed E-state index contributed by atoms with van der Waals surface area (Å²) in [5.74, 6) is -0.333. The number of piperazine rings is 1. The Labute approximate surface area is 162 Å². The second kappa shape index (κ2) is 7.75. The van der Waals surface area contributed by atoms with Crippen LogP contribution in [0.5, 0.6) is 0 Å². The maximum absolute atomic E-state index is 13.0. The first-order valence-corrected chi connectivity index (χ1v) is 9.31. The molecule has 0 spiro atoms. The predicted molar refractivity (Wildman–Crippen MR) is 99.9 cm³/mol. The maximum atomic E-state index is 13.0. The summed E-state index contributed by atoms with van der Waals surface area (Å²) >= 11 is 0. The van der Waals surface area contributed by atoms with Gasteiger partial charge in [0.05, 0.1) is 0 Å². The van der Waals surface area contributed by atoms with Crippen molar-refractivity contribution in [3.8, 4) is 0 Å². The van der Waals surface area contributed by atoms with Gasteiger partial charge in [0.25, 0.3) is 5.91 Å². The van der Waals surface area contributed by atoms with Gasteiger partial charge < -0.3 is 14.7 Å². The molecule has 0 N–H and O–H groups in total. The van der Waals surface area contributed by atoms with Crippen molar-refractivity contribution < 1.29 is 14.4 Å². The number of aromatic nitrogens is 2. The maximum Gasteiger partial charge on any atom is 0.272 e. The van der Waals surface area contributed by atoms with Gasteiger partial charge in [-0.15, -0.1) is 0 Å². The molecule has 0 bridgehead atoms. The van der Waals surface area contributed by atoms with E-state index in [1.165, 1.54) is 12.5 Å². The van der Waals surface area contributed by atoms with Crippen LogP contribution in [0.25, 0.3) is 0 Å². The zero-order valence-corrected chi connectivity index (χ0v) is 15.4. The number of rotatable bonds is 3. The van der Waals surface area contributed by atoms with Gasteiger partial charge in [0, 0.05) is 32.4 Å². The molecule has 1 aromatic carbocycles. The van der Waals surface area contributed by atoms with Crippen molar-refractivity contribution in [3.63, 3.8) is 0 Å². The smallest absolute Gasteiger partial charge is 0.272 e. The Kier molecular flexibility index (Phi) is 5.01. The predicted octanol–water partition coefficient (Wildman–Crippen LogP) is 0.562. The van der Waals surface area contributed by atoms with Gasteiger partial charge in [0.1, 0.15) is 24.6 Å². The van der Waals surface area contributed by atoms with E-state index in [2.05, 4.69) is 9.97 Å². The molecule has 28 heavy (non-hydrogen) atoms. The Morgan fingerprint density at radius 2 is 1.89 bits per heavy atom. The molecule has 1 aromatic heterocycles. The van der Waals surface area contributed by atoms with E-state index in [-0.39, 0.29) is 24.3 Å². The molecule has 0 aliphatic carbocycles. The second-order valence-electron chi connectivity index (χ2n) is 6.96. The van der Waals surface area contributed by atoms with Gasteiger partial charge in [-0.05, 0) is 18.1 Å². The van der Waals surface area contributed by atoms with Gasteiger partial charge in [-0.1, -0.05) is 30.3 Å². The van der Waals surface area contributed by atoms with Crippen molar-refractivity contribution >= 4 is 17.7 Å². The normalized spacial score (nSPS) is 20.0. The summed E-state index contributed by atoms with van der Waals surface area (Å²) in [6.45, 7) is 1.63. The highest BCUT2D eigenvalue weighted by Gasteiger charge is 2.41. The number of benzene rings is 1. The van der Waals surface area contributed by atoms with Crippen LogP contribution in [0.15, 0.2) is 48.9 Å². The Morgan fingerprint density at radius 3 is 2.64 bits per heavy atom. The number of nitrogens with zero attached hydrogens (tertiary/aromatic N) is 5. The number of fused-ring (bicyclic) bond motifs is 1. The van der Waals surface area contributed by atoms with E-state index in [4.69, 9.17) is 0 Å². The van der Waals surface area contributed by atoms with Crippen LogP contribution in [-0.2, 0) is 16.1 Å². The first-order valence-electron chi connectivity index (χ1n) is 9.31. The van der Waals surface area contributed by atoms with Crippen LogP contribution in [0, 0.1) is 0 Å². The molecule has 3 heterocycles. The molecule has 2 aliphatic rings. The van der Waals surface area contributed by atoms with Crippen LogP contribution >= 0.6 is 0 Å². The van der Waals surface area contributed by atoms with Crippen LogP contribution in [0.2, 0.25) is 0 Å². The Balaban J connectivity index is 1.47. The molecular formula is C20H21N5O3. The molecule has 0 saturated carbocycles. The molecule has 8 heteroatoms. The third-order valence-corrected chi connectivity index (χ3v) is 5.21. The first-order chi connectivity index (χ1) is 13.6. The minimum Gasteiger partial charge on any atom is -0.335 e. The highest BCUT2D eigenvalue weighted by atomic mass is 16.2. The summed E-state index contributed by atoms with van der Waals surface area (Å²) in [4.78, 5) is 51.1. The van der Waals surface area contributed by atoms with E-state index in [0.29, 0.717) is 38.3 Å². The second-order valence-corrected chi connectivity index (χ2v) is 6.96. The van der Waals surface area contributed by atoms with Crippen LogP contribution in [-0.4, -0.2) is 74.6 Å². The van der Waals surface area contributed by atoms with Crippen LogP contribution in [0.1, 0.15) is 22.5 Å². The standard InChI is InChI=1S/C20H21N5O3/c26-18-13-24(12-15-4-2-1-3-5-15)20(28)17-7-9-23(10-11-25(17)18)19(27)16-6-8-21-14-22-16/h1-6,8,14,17H,7,9-13H2. The molecule has 2 aromatic rings. The molecule has 2 fully saturated rings. The van der Waals surface area contributed by atoms with Crippen molar-refractivity contribution in [1.82, 2.24) is 24.7 Å². The Morgan fingerprint density at radius 1 is 1.07 bits per heavy atom. The van der Waals surface area contributed by atoms with E-state index in [0.717, 1.165) is 5.56 Å². The van der Waals surface area contributed by atoms with E-state index in [1.54, 1.807) is 20.8 Å². The van der Waals surface area contributed by atoms with Crippen molar-refractivity contribution in [3.05, 3.63) is 60.2 Å². The zero-order chi connectivity index (χ0) is 19.5. The molecule has 0 radical (unpaired) electrons. The summed E-state index contributed by atoms with van der Waals surface area (Å²) in [5.41, 5.74) is 1.31. The molecule has 3 amide bonds. The number of hydrogen-bond donors (Lipinski definition) is 0. The summed E-state index contributed by atoms with van der Waals surface area (Å²) in [5, 5.41) is 0. The monoisotopic (exact) mass is 379 g/mol. The van der Waals surface area contributed by atoms with Crippen LogP contribution < -0.4 is 0 Å². The van der Waals surface area contributed by atoms with Gasteiger partial charge in [0.2, 0.25) is 11.8 Å². The molecule has 2 saturated heterocycles. The minimum absolute atomic E-state index is 0.0558. The Hall–Kier alpha value is -3.29. The topological polar surface area (TPSA) is 86.7 Å². The average molecular weight is 379 g/mol. The van der Waals surface area contributed by atoms with E-state index in [9.17, 15) is 14.4 Å². The quantitative estimate of drug-likeness (QED) is 0.778. The summed E-state index contributed by atoms with van der Waals surface area (Å²) in [6.07, 6.45) is 3.28. The van der Waals surface area contributed by atoms with Gasteiger partial charge >= 0.3 is 0 Å². The highest BCUT2D eigenvalue weighted by molar-refractivity contribution is 5.95. The molecule has 8 nitrogen and oxygen atoms in total. The number of carbonyl (C=O) groups excluding carboxylic acids is 3. The Bertz CT molecular complexity index is 874. The molecule has 144 valence electrons. The van der Waals surface area contributed by atoms with Gasteiger partial charge in [0.15, 0.2) is 0 Å². The van der Waals surface area contributed by atoms with Crippen molar-refractivity contribution in [2.24, 2.45) is 0 Å². The van der Waals surface area contributed by atoms with E-state index in [1.807, 2.05) is 30.3 Å². The molecular weight excluding hydrogens is 358 g/mol. The lowest BCUT2D eigenvalue weighted by molar-refractivity contribution is -0.156. The molecule has 2 aliphatic heterocycles. The fourth-order valence-electron chi connectivity index (χ4n) is 3.75. The van der Waals surface area contributed by atoms with Crippen LogP contribution in [0.3, 0.4) is 0 Å². The lowest BCUT2D eigenvalue weighted by Gasteiger charge is -2.39. The minimum atomic E-state index is -0.520. The summed E-state index contributed by atoms with van der Waals surface area (Å²) in [7, 11) is 0. The average Bonchev–Trinajstić information content (AvgIpc) is 2.96. The van der Waals surface area contributed by atoms with Crippen molar-refractivity contribution in [1.29, 1.82) is 0 Å². The number of hydrogen-bond acceptors (Lipinski definition) is 5. The third-order valence-electron chi connectivity index (χ3n) is 5.21. The summed E-state index contributed by atoms with van der Waals surface area (Å²) in [6, 6.07) is 10.7. The van der Waals surface area contributed by atoms with Crippen molar-refractivity contribution in [2.75, 3.05) is 26.2 Å². The van der Waals surface area contributed by atoms with Gasteiger partial charge in [-0.25, -0.2) is 9.97 Å². The fraction of sp³-hybridized carbons (Fsp3) is 0.350. The number of carbonyl (C=O) groups is 3. The first kappa shape index (κ1) is 18.1. The van der Waals surface area contributed by atoms with Crippen LogP contribution in [0.4, 0.5) is 0 Å². The molecule has 1 atom stereocenters. The summed E-state index contributed by atoms with van der Waals surface area (Å²) < 4.78 is 0. The zero-order valence-electron chi connectivity index (χ0n) is 15.4.